The Bertz CT molecular complexity index is 487. The van der Waals surface area contributed by atoms with Gasteiger partial charge in [-0.05, 0) is 32.6 Å². The lowest BCUT2D eigenvalue weighted by atomic mass is 9.60. The van der Waals surface area contributed by atoms with Crippen LogP contribution in [0.3, 0.4) is 0 Å². The van der Waals surface area contributed by atoms with Crippen LogP contribution in [0.4, 0.5) is 0 Å². The quantitative estimate of drug-likeness (QED) is 0.603. The number of nitrogens with zero attached hydrogens (tertiary/aromatic N) is 2. The summed E-state index contributed by atoms with van der Waals surface area (Å²) in [5, 5.41) is 7.17. The van der Waals surface area contributed by atoms with Crippen LogP contribution < -0.4 is 10.6 Å². The second-order valence-electron chi connectivity index (χ2n) is 7.54. The zero-order valence-electron chi connectivity index (χ0n) is 15.3. The van der Waals surface area contributed by atoms with Gasteiger partial charge in [0.2, 0.25) is 5.91 Å². The lowest BCUT2D eigenvalue weighted by molar-refractivity contribution is -0.132. The van der Waals surface area contributed by atoms with E-state index in [1.807, 2.05) is 14.1 Å². The highest BCUT2D eigenvalue weighted by Gasteiger charge is 2.57. The van der Waals surface area contributed by atoms with Crippen molar-refractivity contribution in [3.8, 4) is 0 Å². The van der Waals surface area contributed by atoms with Crippen LogP contribution in [0.5, 0.6) is 0 Å². The van der Waals surface area contributed by atoms with Gasteiger partial charge in [0.05, 0.1) is 6.10 Å². The Morgan fingerprint density at radius 1 is 1.38 bits per heavy atom. The number of aliphatic imine (C=N–C) groups is 1. The summed E-state index contributed by atoms with van der Waals surface area (Å²) in [4.78, 5) is 17.9. The van der Waals surface area contributed by atoms with Gasteiger partial charge in [0.25, 0.3) is 0 Å². The number of carbonyl (C=O) groups excluding carboxylic acids is 1. The highest BCUT2D eigenvalue weighted by molar-refractivity contribution is 5.81. The SMILES string of the molecule is CCOC1CC(NC(=NC)NC2CCC(=O)N(C)C2)C12CCCC2. The van der Waals surface area contributed by atoms with Crippen molar-refractivity contribution in [2.75, 3.05) is 27.2 Å². The zero-order valence-corrected chi connectivity index (χ0v) is 15.3. The molecular weight excluding hydrogens is 304 g/mol. The van der Waals surface area contributed by atoms with E-state index in [9.17, 15) is 4.79 Å². The number of guanidine groups is 1. The average Bonchev–Trinajstić information content (AvgIpc) is 3.09. The van der Waals surface area contributed by atoms with E-state index in [1.54, 1.807) is 4.90 Å². The van der Waals surface area contributed by atoms with Gasteiger partial charge in [-0.1, -0.05) is 12.8 Å². The Labute approximate surface area is 145 Å². The Morgan fingerprint density at radius 3 is 2.75 bits per heavy atom. The van der Waals surface area contributed by atoms with Gasteiger partial charge in [-0.15, -0.1) is 0 Å². The third-order valence-corrected chi connectivity index (χ3v) is 6.19. The van der Waals surface area contributed by atoms with Crippen molar-refractivity contribution in [1.29, 1.82) is 0 Å². The summed E-state index contributed by atoms with van der Waals surface area (Å²) in [6.45, 7) is 3.64. The fourth-order valence-electron chi connectivity index (χ4n) is 4.75. The van der Waals surface area contributed by atoms with Gasteiger partial charge in [-0.25, -0.2) is 0 Å². The van der Waals surface area contributed by atoms with Crippen LogP contribution in [0.25, 0.3) is 0 Å². The third-order valence-electron chi connectivity index (χ3n) is 6.19. The summed E-state index contributed by atoms with van der Waals surface area (Å²) >= 11 is 0. The summed E-state index contributed by atoms with van der Waals surface area (Å²) in [7, 11) is 3.70. The van der Waals surface area contributed by atoms with Crippen LogP contribution in [0, 0.1) is 5.41 Å². The highest BCUT2D eigenvalue weighted by atomic mass is 16.5. The number of hydrogen-bond donors (Lipinski definition) is 2. The predicted octanol–water partition coefficient (Wildman–Crippen LogP) is 1.51. The van der Waals surface area contributed by atoms with Gasteiger partial charge in [0, 0.05) is 51.2 Å². The van der Waals surface area contributed by atoms with E-state index in [2.05, 4.69) is 22.5 Å². The second kappa shape index (κ2) is 7.30. The molecule has 3 rings (SSSR count). The number of carbonyl (C=O) groups is 1. The van der Waals surface area contributed by atoms with E-state index in [0.29, 0.717) is 24.0 Å². The fraction of sp³-hybridized carbons (Fsp3) is 0.889. The molecular formula is C18H32N4O2. The molecule has 0 aromatic carbocycles. The van der Waals surface area contributed by atoms with Crippen LogP contribution in [0.1, 0.15) is 51.9 Å². The van der Waals surface area contributed by atoms with E-state index < -0.39 is 0 Å². The molecule has 0 radical (unpaired) electrons. The number of nitrogens with one attached hydrogen (secondary N) is 2. The number of piperidine rings is 1. The van der Waals surface area contributed by atoms with Crippen molar-refractivity contribution in [1.82, 2.24) is 15.5 Å². The standard InChI is InChI=1S/C18H32N4O2/c1-4-24-15-11-14(18(15)9-5-6-10-18)21-17(19-2)20-13-7-8-16(23)22(3)12-13/h13-15H,4-12H2,1-3H3,(H2,19,20,21). The molecule has 0 aromatic rings. The molecule has 1 aliphatic heterocycles. The van der Waals surface area contributed by atoms with E-state index in [-0.39, 0.29) is 11.9 Å². The topological polar surface area (TPSA) is 66.0 Å². The predicted molar refractivity (Wildman–Crippen MR) is 95.0 cm³/mol. The Morgan fingerprint density at radius 2 is 2.12 bits per heavy atom. The minimum absolute atomic E-state index is 0.236. The molecule has 3 fully saturated rings. The van der Waals surface area contributed by atoms with E-state index >= 15 is 0 Å². The molecule has 1 heterocycles. The molecule has 24 heavy (non-hydrogen) atoms. The lowest BCUT2D eigenvalue weighted by Gasteiger charge is -2.54. The molecule has 0 bridgehead atoms. The number of amides is 1. The molecule has 6 nitrogen and oxygen atoms in total. The van der Waals surface area contributed by atoms with Crippen molar-refractivity contribution >= 4 is 11.9 Å². The molecule has 3 aliphatic rings. The Hall–Kier alpha value is -1.30. The van der Waals surface area contributed by atoms with Crippen LogP contribution in [-0.2, 0) is 9.53 Å². The minimum atomic E-state index is 0.236. The molecule has 2 N–H and O–H groups in total. The number of likely N-dealkylation sites (N-methyl/N-ethyl adjacent to an activating group) is 1. The summed E-state index contributed by atoms with van der Waals surface area (Å²) in [6.07, 6.45) is 8.09. The Balaban J connectivity index is 1.57. The van der Waals surface area contributed by atoms with Crippen molar-refractivity contribution in [2.45, 2.75) is 70.1 Å². The molecule has 1 saturated heterocycles. The molecule has 3 atom stereocenters. The lowest BCUT2D eigenvalue weighted by Crippen LogP contribution is -2.66. The average molecular weight is 336 g/mol. The summed E-state index contributed by atoms with van der Waals surface area (Å²) in [5.41, 5.74) is 0.299. The van der Waals surface area contributed by atoms with Crippen LogP contribution >= 0.6 is 0 Å². The molecule has 0 aromatic heterocycles. The van der Waals surface area contributed by atoms with E-state index in [0.717, 1.165) is 32.0 Å². The number of ether oxygens (including phenoxy) is 1. The van der Waals surface area contributed by atoms with E-state index in [4.69, 9.17) is 4.74 Å². The Kier molecular flexibility index (Phi) is 5.33. The van der Waals surface area contributed by atoms with Crippen molar-refractivity contribution < 1.29 is 9.53 Å². The molecule has 1 spiro atoms. The molecule has 1 amide bonds. The van der Waals surface area contributed by atoms with E-state index in [1.165, 1.54) is 25.7 Å². The highest BCUT2D eigenvalue weighted by Crippen LogP contribution is 2.54. The van der Waals surface area contributed by atoms with Gasteiger partial charge < -0.3 is 20.3 Å². The first-order chi connectivity index (χ1) is 11.6. The van der Waals surface area contributed by atoms with Crippen LogP contribution in [-0.4, -0.2) is 62.2 Å². The maximum absolute atomic E-state index is 11.6. The van der Waals surface area contributed by atoms with Crippen LogP contribution in [0.15, 0.2) is 4.99 Å². The number of likely N-dealkylation sites (tertiary alicyclic amines) is 1. The van der Waals surface area contributed by atoms with Crippen molar-refractivity contribution in [3.05, 3.63) is 0 Å². The summed E-state index contributed by atoms with van der Waals surface area (Å²) < 4.78 is 5.99. The maximum Gasteiger partial charge on any atom is 0.222 e. The molecule has 3 unspecified atom stereocenters. The van der Waals surface area contributed by atoms with Crippen LogP contribution in [0.2, 0.25) is 0 Å². The summed E-state index contributed by atoms with van der Waals surface area (Å²) in [5.74, 6) is 1.11. The molecule has 2 saturated carbocycles. The van der Waals surface area contributed by atoms with Crippen molar-refractivity contribution in [2.24, 2.45) is 10.4 Å². The van der Waals surface area contributed by atoms with Gasteiger partial charge in [-0.2, -0.15) is 0 Å². The number of hydrogen-bond acceptors (Lipinski definition) is 3. The third kappa shape index (κ3) is 3.25. The number of rotatable bonds is 4. The van der Waals surface area contributed by atoms with Gasteiger partial charge in [-0.3, -0.25) is 9.79 Å². The molecule has 6 heteroatoms. The van der Waals surface area contributed by atoms with Crippen molar-refractivity contribution in [3.63, 3.8) is 0 Å². The summed E-state index contributed by atoms with van der Waals surface area (Å²) in [6, 6.07) is 0.729. The zero-order chi connectivity index (χ0) is 17.2. The molecule has 2 aliphatic carbocycles. The normalized spacial score (nSPS) is 32.8. The molecule has 136 valence electrons. The first-order valence-corrected chi connectivity index (χ1v) is 9.44. The largest absolute Gasteiger partial charge is 0.378 e. The first kappa shape index (κ1) is 17.5. The second-order valence-corrected chi connectivity index (χ2v) is 7.54. The minimum Gasteiger partial charge on any atom is -0.378 e. The maximum atomic E-state index is 11.6. The first-order valence-electron chi connectivity index (χ1n) is 9.44. The van der Waals surface area contributed by atoms with Gasteiger partial charge >= 0.3 is 0 Å². The van der Waals surface area contributed by atoms with Gasteiger partial charge in [0.1, 0.15) is 0 Å². The van der Waals surface area contributed by atoms with Gasteiger partial charge in [0.15, 0.2) is 5.96 Å². The monoisotopic (exact) mass is 336 g/mol. The smallest absolute Gasteiger partial charge is 0.222 e. The fourth-order valence-corrected chi connectivity index (χ4v) is 4.75.